The van der Waals surface area contributed by atoms with Crippen LogP contribution in [0.5, 0.6) is 0 Å². The van der Waals surface area contributed by atoms with Crippen molar-refractivity contribution in [1.82, 2.24) is 10.2 Å². The summed E-state index contributed by atoms with van der Waals surface area (Å²) in [5.74, 6) is 0.292. The highest BCUT2D eigenvalue weighted by Gasteiger charge is 2.35. The van der Waals surface area contributed by atoms with Gasteiger partial charge in [0.2, 0.25) is 11.8 Å². The summed E-state index contributed by atoms with van der Waals surface area (Å²) in [6.45, 7) is 3.35. The first kappa shape index (κ1) is 18.0. The van der Waals surface area contributed by atoms with Crippen LogP contribution in [0.15, 0.2) is 42.5 Å². The second kappa shape index (κ2) is 7.69. The minimum Gasteiger partial charge on any atom is -0.355 e. The molecule has 0 saturated carbocycles. The van der Waals surface area contributed by atoms with Crippen molar-refractivity contribution in [2.75, 3.05) is 38.1 Å². The minimum atomic E-state index is -0.266. The SMILES string of the molecule is CN1CCCC(CNC(=O)C2CC(=O)N(c3cccc4ccccc34)C2)C1. The molecule has 2 aliphatic rings. The molecule has 0 radical (unpaired) electrons. The fourth-order valence-electron chi connectivity index (χ4n) is 4.39. The van der Waals surface area contributed by atoms with Gasteiger partial charge in [-0.3, -0.25) is 9.59 Å². The van der Waals surface area contributed by atoms with Crippen molar-refractivity contribution >= 4 is 28.3 Å². The Bertz CT molecular complexity index is 845. The van der Waals surface area contributed by atoms with E-state index in [1.807, 2.05) is 42.5 Å². The first-order chi connectivity index (χ1) is 13.1. The van der Waals surface area contributed by atoms with Gasteiger partial charge >= 0.3 is 0 Å². The zero-order valence-electron chi connectivity index (χ0n) is 15.9. The van der Waals surface area contributed by atoms with Crippen molar-refractivity contribution in [3.8, 4) is 0 Å². The zero-order chi connectivity index (χ0) is 18.8. The van der Waals surface area contributed by atoms with Crippen LogP contribution in [-0.4, -0.2) is 49.9 Å². The van der Waals surface area contributed by atoms with Crippen LogP contribution in [0.3, 0.4) is 0 Å². The zero-order valence-corrected chi connectivity index (χ0v) is 15.9. The molecule has 142 valence electrons. The van der Waals surface area contributed by atoms with Crippen LogP contribution in [0.25, 0.3) is 10.8 Å². The van der Waals surface area contributed by atoms with Gasteiger partial charge in [0.25, 0.3) is 0 Å². The molecule has 27 heavy (non-hydrogen) atoms. The number of nitrogens with one attached hydrogen (secondary N) is 1. The van der Waals surface area contributed by atoms with E-state index >= 15 is 0 Å². The van der Waals surface area contributed by atoms with Crippen LogP contribution < -0.4 is 10.2 Å². The lowest BCUT2D eigenvalue weighted by atomic mass is 9.98. The van der Waals surface area contributed by atoms with Crippen LogP contribution >= 0.6 is 0 Å². The highest BCUT2D eigenvalue weighted by molar-refractivity contribution is 6.06. The van der Waals surface area contributed by atoms with Gasteiger partial charge in [0.15, 0.2) is 0 Å². The first-order valence-electron chi connectivity index (χ1n) is 9.86. The third kappa shape index (κ3) is 3.83. The number of benzene rings is 2. The normalized spacial score (nSPS) is 23.7. The maximum Gasteiger partial charge on any atom is 0.227 e. The summed E-state index contributed by atoms with van der Waals surface area (Å²) in [4.78, 5) is 29.4. The number of hydrogen-bond donors (Lipinski definition) is 1. The monoisotopic (exact) mass is 365 g/mol. The summed E-state index contributed by atoms with van der Waals surface area (Å²) in [5, 5.41) is 5.26. The number of anilines is 1. The average Bonchev–Trinajstić information content (AvgIpc) is 3.07. The molecule has 2 saturated heterocycles. The Morgan fingerprint density at radius 2 is 1.96 bits per heavy atom. The van der Waals surface area contributed by atoms with Crippen LogP contribution in [0.1, 0.15) is 19.3 Å². The summed E-state index contributed by atoms with van der Waals surface area (Å²) in [6, 6.07) is 14.0. The molecule has 5 nitrogen and oxygen atoms in total. The number of hydrogen-bond acceptors (Lipinski definition) is 3. The molecule has 5 heteroatoms. The molecular weight excluding hydrogens is 338 g/mol. The van der Waals surface area contributed by atoms with Crippen molar-refractivity contribution in [1.29, 1.82) is 0 Å². The third-order valence-electron chi connectivity index (χ3n) is 5.84. The molecule has 2 unspecified atom stereocenters. The summed E-state index contributed by atoms with van der Waals surface area (Å²) >= 11 is 0. The van der Waals surface area contributed by atoms with Gasteiger partial charge in [0.1, 0.15) is 0 Å². The highest BCUT2D eigenvalue weighted by atomic mass is 16.2. The van der Waals surface area contributed by atoms with E-state index in [1.54, 1.807) is 4.90 Å². The number of carbonyl (C=O) groups is 2. The molecular formula is C22H27N3O2. The molecule has 2 aromatic rings. The molecule has 0 aliphatic carbocycles. The van der Waals surface area contributed by atoms with Gasteiger partial charge in [-0.15, -0.1) is 0 Å². The van der Waals surface area contributed by atoms with Crippen molar-refractivity contribution < 1.29 is 9.59 Å². The molecule has 2 atom stereocenters. The molecule has 0 bridgehead atoms. The van der Waals surface area contributed by atoms with Gasteiger partial charge in [0, 0.05) is 31.4 Å². The van der Waals surface area contributed by atoms with E-state index in [9.17, 15) is 9.59 Å². The molecule has 2 fully saturated rings. The maximum atomic E-state index is 12.7. The number of likely N-dealkylation sites (tertiary alicyclic amines) is 1. The average molecular weight is 365 g/mol. The fraction of sp³-hybridized carbons (Fsp3) is 0.455. The Labute approximate surface area is 160 Å². The van der Waals surface area contributed by atoms with Crippen molar-refractivity contribution in [2.45, 2.75) is 19.3 Å². The van der Waals surface area contributed by atoms with Gasteiger partial charge in [0.05, 0.1) is 11.6 Å². The number of rotatable bonds is 4. The molecule has 2 heterocycles. The number of fused-ring (bicyclic) bond motifs is 1. The van der Waals surface area contributed by atoms with Crippen molar-refractivity contribution in [3.63, 3.8) is 0 Å². The third-order valence-corrected chi connectivity index (χ3v) is 5.84. The number of amides is 2. The molecule has 0 spiro atoms. The number of nitrogens with zero attached hydrogens (tertiary/aromatic N) is 2. The van der Waals surface area contributed by atoms with Crippen molar-refractivity contribution in [2.24, 2.45) is 11.8 Å². The van der Waals surface area contributed by atoms with Gasteiger partial charge in [-0.1, -0.05) is 36.4 Å². The lowest BCUT2D eigenvalue weighted by molar-refractivity contribution is -0.126. The lowest BCUT2D eigenvalue weighted by Gasteiger charge is -2.30. The molecule has 4 rings (SSSR count). The van der Waals surface area contributed by atoms with Crippen LogP contribution in [0.4, 0.5) is 5.69 Å². The Balaban J connectivity index is 1.42. The van der Waals surface area contributed by atoms with E-state index in [1.165, 1.54) is 6.42 Å². The molecule has 2 aromatic carbocycles. The Kier molecular flexibility index (Phi) is 5.12. The van der Waals surface area contributed by atoms with Gasteiger partial charge in [-0.25, -0.2) is 0 Å². The maximum absolute atomic E-state index is 12.7. The molecule has 1 N–H and O–H groups in total. The lowest BCUT2D eigenvalue weighted by Crippen LogP contribution is -2.41. The van der Waals surface area contributed by atoms with Gasteiger partial charge < -0.3 is 15.1 Å². The van der Waals surface area contributed by atoms with E-state index in [4.69, 9.17) is 0 Å². The molecule has 2 amide bonds. The standard InChI is InChI=1S/C22H27N3O2/c1-24-11-5-6-16(14-24)13-23-22(27)18-12-21(26)25(15-18)20-10-4-8-17-7-2-3-9-19(17)20/h2-4,7-10,16,18H,5-6,11-15H2,1H3,(H,23,27). The Hall–Kier alpha value is -2.40. The predicted molar refractivity (Wildman–Crippen MR) is 108 cm³/mol. The van der Waals surface area contributed by atoms with Crippen LogP contribution in [0, 0.1) is 11.8 Å². The minimum absolute atomic E-state index is 0.0133. The number of carbonyl (C=O) groups excluding carboxylic acids is 2. The highest BCUT2D eigenvalue weighted by Crippen LogP contribution is 2.31. The first-order valence-corrected chi connectivity index (χ1v) is 9.86. The van der Waals surface area contributed by atoms with E-state index < -0.39 is 0 Å². The van der Waals surface area contributed by atoms with E-state index in [0.29, 0.717) is 25.4 Å². The quantitative estimate of drug-likeness (QED) is 0.906. The molecule has 2 aliphatic heterocycles. The second-order valence-electron chi connectivity index (χ2n) is 7.92. The molecule has 0 aromatic heterocycles. The fourth-order valence-corrected chi connectivity index (χ4v) is 4.39. The topological polar surface area (TPSA) is 52.7 Å². The second-order valence-corrected chi connectivity index (χ2v) is 7.92. The summed E-state index contributed by atoms with van der Waals surface area (Å²) < 4.78 is 0. The Morgan fingerprint density at radius 1 is 1.15 bits per heavy atom. The van der Waals surface area contributed by atoms with E-state index in [0.717, 1.165) is 36.0 Å². The van der Waals surface area contributed by atoms with Gasteiger partial charge in [-0.05, 0) is 43.8 Å². The summed E-state index contributed by atoms with van der Waals surface area (Å²) in [5.41, 5.74) is 0.905. The van der Waals surface area contributed by atoms with Crippen LogP contribution in [-0.2, 0) is 9.59 Å². The summed E-state index contributed by atoms with van der Waals surface area (Å²) in [6.07, 6.45) is 2.64. The van der Waals surface area contributed by atoms with Crippen LogP contribution in [0.2, 0.25) is 0 Å². The Morgan fingerprint density at radius 3 is 2.81 bits per heavy atom. The van der Waals surface area contributed by atoms with Crippen molar-refractivity contribution in [3.05, 3.63) is 42.5 Å². The smallest absolute Gasteiger partial charge is 0.227 e. The number of piperidine rings is 1. The largest absolute Gasteiger partial charge is 0.355 e. The summed E-state index contributed by atoms with van der Waals surface area (Å²) in [7, 11) is 2.13. The predicted octanol–water partition coefficient (Wildman–Crippen LogP) is 2.65. The van der Waals surface area contributed by atoms with E-state index in [-0.39, 0.29) is 17.7 Å². The van der Waals surface area contributed by atoms with Gasteiger partial charge in [-0.2, -0.15) is 0 Å². The van der Waals surface area contributed by atoms with E-state index in [2.05, 4.69) is 17.3 Å².